The first-order valence-corrected chi connectivity index (χ1v) is 11.6. The van der Waals surface area contributed by atoms with Crippen LogP contribution in [0.2, 0.25) is 0 Å². The summed E-state index contributed by atoms with van der Waals surface area (Å²) in [5.74, 6) is 0.842. The number of benzene rings is 2. The Morgan fingerprint density at radius 2 is 1.97 bits per heavy atom. The van der Waals surface area contributed by atoms with E-state index < -0.39 is 0 Å². The van der Waals surface area contributed by atoms with E-state index in [1.165, 1.54) is 0 Å². The molecular weight excluding hydrogens is 430 g/mol. The van der Waals surface area contributed by atoms with Crippen LogP contribution in [-0.2, 0) is 4.79 Å². The minimum atomic E-state index is -0.378. The van der Waals surface area contributed by atoms with Gasteiger partial charge < -0.3 is 14.9 Å². The summed E-state index contributed by atoms with van der Waals surface area (Å²) in [4.78, 5) is 44.2. The largest absolute Gasteiger partial charge is 0.361 e. The van der Waals surface area contributed by atoms with E-state index in [2.05, 4.69) is 26.3 Å². The standard InChI is InChI=1S/C25H25N7O2/c33-22-3-1-11-31(22)12-2-9-27-24-23(17-4-6-19-16(13-17)8-10-26-19)32(25(34)30-24)18-5-7-20-21(14-18)29-15-28-20/h4-8,10,13-15,23,26H,1-3,9,11-12H2,(H,28,29)(H,27,30,34). The number of nitrogens with one attached hydrogen (secondary N) is 3. The number of fused-ring (bicyclic) bond motifs is 2. The Kier molecular flexibility index (Phi) is 5.01. The zero-order valence-corrected chi connectivity index (χ0v) is 18.6. The van der Waals surface area contributed by atoms with Crippen molar-refractivity contribution in [1.29, 1.82) is 0 Å². The molecule has 1 atom stereocenters. The lowest BCUT2D eigenvalue weighted by Gasteiger charge is -2.23. The van der Waals surface area contributed by atoms with Gasteiger partial charge in [-0.15, -0.1) is 0 Å². The van der Waals surface area contributed by atoms with E-state index in [4.69, 9.17) is 4.99 Å². The maximum Gasteiger partial charge on any atom is 0.328 e. The fraction of sp³-hybridized carbons (Fsp3) is 0.280. The topological polar surface area (TPSA) is 109 Å². The van der Waals surface area contributed by atoms with Gasteiger partial charge in [0, 0.05) is 43.5 Å². The van der Waals surface area contributed by atoms with Gasteiger partial charge in [0.2, 0.25) is 5.91 Å². The summed E-state index contributed by atoms with van der Waals surface area (Å²) < 4.78 is 0. The number of rotatable bonds is 6. The minimum absolute atomic E-state index is 0.220. The second-order valence-electron chi connectivity index (χ2n) is 8.74. The van der Waals surface area contributed by atoms with E-state index >= 15 is 0 Å². The Labute approximate surface area is 195 Å². The van der Waals surface area contributed by atoms with Crippen molar-refractivity contribution < 1.29 is 9.59 Å². The third kappa shape index (κ3) is 3.59. The predicted molar refractivity (Wildman–Crippen MR) is 131 cm³/mol. The monoisotopic (exact) mass is 455 g/mol. The number of aliphatic imine (C=N–C) groups is 1. The molecule has 1 unspecified atom stereocenters. The van der Waals surface area contributed by atoms with Crippen LogP contribution in [0.15, 0.2) is 60.0 Å². The van der Waals surface area contributed by atoms with Crippen LogP contribution in [0.5, 0.6) is 0 Å². The molecule has 9 heteroatoms. The summed E-state index contributed by atoms with van der Waals surface area (Å²) in [6.45, 7) is 2.06. The molecule has 2 aromatic heterocycles. The van der Waals surface area contributed by atoms with Crippen LogP contribution >= 0.6 is 0 Å². The Morgan fingerprint density at radius 1 is 1.06 bits per heavy atom. The maximum atomic E-state index is 13.2. The molecule has 2 aliphatic rings. The van der Waals surface area contributed by atoms with E-state index in [9.17, 15) is 9.59 Å². The van der Waals surface area contributed by atoms with Crippen molar-refractivity contribution in [1.82, 2.24) is 25.2 Å². The van der Waals surface area contributed by atoms with Crippen molar-refractivity contribution in [2.45, 2.75) is 25.3 Å². The number of carbonyl (C=O) groups is 2. The molecule has 2 aliphatic heterocycles. The van der Waals surface area contributed by atoms with Gasteiger partial charge in [-0.05, 0) is 60.2 Å². The second kappa shape index (κ2) is 8.33. The SMILES string of the molecule is O=C1CCCN1CCC/N=C1/NC(=O)N(c2ccc3[nH]cnc3c2)C1c1ccc2[nH]ccc2c1. The van der Waals surface area contributed by atoms with Crippen LogP contribution < -0.4 is 10.2 Å². The fourth-order valence-electron chi connectivity index (χ4n) is 4.89. The van der Waals surface area contributed by atoms with Gasteiger partial charge in [-0.1, -0.05) is 6.07 Å². The molecule has 2 saturated heterocycles. The third-order valence-electron chi connectivity index (χ3n) is 6.59. The van der Waals surface area contributed by atoms with Gasteiger partial charge in [0.15, 0.2) is 0 Å². The van der Waals surface area contributed by atoms with Gasteiger partial charge in [-0.25, -0.2) is 9.78 Å². The number of amides is 3. The average Bonchev–Trinajstić information content (AvgIpc) is 3.62. The Hall–Kier alpha value is -4.14. The molecule has 2 fully saturated rings. The lowest BCUT2D eigenvalue weighted by atomic mass is 10.0. The van der Waals surface area contributed by atoms with Crippen molar-refractivity contribution in [3.05, 3.63) is 60.6 Å². The maximum absolute atomic E-state index is 13.2. The highest BCUT2D eigenvalue weighted by molar-refractivity contribution is 6.17. The van der Waals surface area contributed by atoms with Crippen molar-refractivity contribution >= 4 is 45.4 Å². The number of urea groups is 1. The first-order chi connectivity index (χ1) is 16.7. The molecule has 9 nitrogen and oxygen atoms in total. The van der Waals surface area contributed by atoms with E-state index in [1.807, 2.05) is 47.5 Å². The van der Waals surface area contributed by atoms with Crippen LogP contribution in [0.25, 0.3) is 21.9 Å². The number of carbonyl (C=O) groups excluding carboxylic acids is 2. The molecule has 0 radical (unpaired) electrons. The molecule has 0 saturated carbocycles. The molecule has 0 bridgehead atoms. The molecular formula is C25H25N7O2. The van der Waals surface area contributed by atoms with Crippen molar-refractivity contribution in [3.8, 4) is 0 Å². The van der Waals surface area contributed by atoms with Crippen LogP contribution in [0.1, 0.15) is 30.9 Å². The summed E-state index contributed by atoms with van der Waals surface area (Å²) in [5, 5.41) is 4.07. The minimum Gasteiger partial charge on any atom is -0.361 e. The van der Waals surface area contributed by atoms with Crippen molar-refractivity contribution in [2.24, 2.45) is 4.99 Å². The van der Waals surface area contributed by atoms with Crippen LogP contribution in [-0.4, -0.2) is 57.3 Å². The normalized spacial score (nSPS) is 19.8. The molecule has 4 aromatic rings. The number of imidazole rings is 1. The average molecular weight is 456 g/mol. The number of anilines is 1. The van der Waals surface area contributed by atoms with Gasteiger partial charge in [0.25, 0.3) is 0 Å². The van der Waals surface area contributed by atoms with Crippen molar-refractivity contribution in [2.75, 3.05) is 24.5 Å². The number of nitrogens with zero attached hydrogens (tertiary/aromatic N) is 4. The first kappa shape index (κ1) is 20.5. The summed E-state index contributed by atoms with van der Waals surface area (Å²) >= 11 is 0. The summed E-state index contributed by atoms with van der Waals surface area (Å²) in [6, 6.07) is 13.3. The third-order valence-corrected chi connectivity index (χ3v) is 6.59. The zero-order chi connectivity index (χ0) is 23.1. The summed E-state index contributed by atoms with van der Waals surface area (Å²) in [6.07, 6.45) is 5.89. The number of likely N-dealkylation sites (tertiary alicyclic amines) is 1. The van der Waals surface area contributed by atoms with Gasteiger partial charge >= 0.3 is 6.03 Å². The highest BCUT2D eigenvalue weighted by atomic mass is 16.2. The molecule has 4 heterocycles. The summed E-state index contributed by atoms with van der Waals surface area (Å²) in [5.41, 5.74) is 4.48. The molecule has 172 valence electrons. The van der Waals surface area contributed by atoms with Gasteiger partial charge in [0.1, 0.15) is 11.9 Å². The number of aromatic amines is 2. The second-order valence-corrected chi connectivity index (χ2v) is 8.74. The lowest BCUT2D eigenvalue weighted by Crippen LogP contribution is -2.29. The van der Waals surface area contributed by atoms with Gasteiger partial charge in [0.05, 0.1) is 17.4 Å². The Morgan fingerprint density at radius 3 is 2.85 bits per heavy atom. The number of amidine groups is 1. The fourth-order valence-corrected chi connectivity index (χ4v) is 4.89. The van der Waals surface area contributed by atoms with Crippen LogP contribution in [0, 0.1) is 0 Å². The van der Waals surface area contributed by atoms with Crippen LogP contribution in [0.3, 0.4) is 0 Å². The van der Waals surface area contributed by atoms with E-state index in [0.717, 1.165) is 52.6 Å². The molecule has 34 heavy (non-hydrogen) atoms. The first-order valence-electron chi connectivity index (χ1n) is 11.6. The quantitative estimate of drug-likeness (QED) is 0.385. The molecule has 3 N–H and O–H groups in total. The summed E-state index contributed by atoms with van der Waals surface area (Å²) in [7, 11) is 0. The molecule has 6 rings (SSSR count). The number of aromatic nitrogens is 3. The lowest BCUT2D eigenvalue weighted by molar-refractivity contribution is -0.127. The predicted octanol–water partition coefficient (Wildman–Crippen LogP) is 3.73. The zero-order valence-electron chi connectivity index (χ0n) is 18.6. The van der Waals surface area contributed by atoms with Crippen LogP contribution in [0.4, 0.5) is 10.5 Å². The molecule has 0 spiro atoms. The highest BCUT2D eigenvalue weighted by Gasteiger charge is 2.39. The van der Waals surface area contributed by atoms with Gasteiger partial charge in [-0.2, -0.15) is 0 Å². The van der Waals surface area contributed by atoms with E-state index in [-0.39, 0.29) is 18.0 Å². The highest BCUT2D eigenvalue weighted by Crippen LogP contribution is 2.34. The molecule has 0 aliphatic carbocycles. The van der Waals surface area contributed by atoms with Gasteiger partial charge in [-0.3, -0.25) is 20.0 Å². The molecule has 3 amide bonds. The number of H-pyrrole nitrogens is 2. The van der Waals surface area contributed by atoms with E-state index in [0.29, 0.717) is 25.3 Å². The number of hydrogen-bond acceptors (Lipinski definition) is 4. The smallest absolute Gasteiger partial charge is 0.328 e. The van der Waals surface area contributed by atoms with E-state index in [1.54, 1.807) is 11.2 Å². The Balaban J connectivity index is 1.33. The number of hydrogen-bond donors (Lipinski definition) is 3. The Bertz CT molecular complexity index is 1420. The van der Waals surface area contributed by atoms with Crippen molar-refractivity contribution in [3.63, 3.8) is 0 Å². The molecule has 2 aromatic carbocycles.